The van der Waals surface area contributed by atoms with Crippen LogP contribution >= 0.6 is 11.8 Å². The summed E-state index contributed by atoms with van der Waals surface area (Å²) in [6.07, 6.45) is 6.09. The average Bonchev–Trinajstić information content (AvgIpc) is 3.09. The molecule has 0 spiro atoms. The fraction of sp³-hybridized carbons (Fsp3) is 0.375. The van der Waals surface area contributed by atoms with Crippen molar-refractivity contribution >= 4 is 34.9 Å². The van der Waals surface area contributed by atoms with Crippen LogP contribution in [0.5, 0.6) is 0 Å². The molecule has 35 heavy (non-hydrogen) atoms. The molecule has 0 radical (unpaired) electrons. The summed E-state index contributed by atoms with van der Waals surface area (Å²) in [7, 11) is 0. The van der Waals surface area contributed by atoms with Gasteiger partial charge < -0.3 is 20.3 Å². The van der Waals surface area contributed by atoms with Gasteiger partial charge in [-0.05, 0) is 36.4 Å². The molecule has 11 heteroatoms. The molecule has 2 fully saturated rings. The van der Waals surface area contributed by atoms with Crippen LogP contribution in [-0.4, -0.2) is 53.0 Å². The molecule has 0 amide bonds. The van der Waals surface area contributed by atoms with Crippen LogP contribution in [-0.2, 0) is 11.2 Å². The molecule has 0 saturated carbocycles. The van der Waals surface area contributed by atoms with E-state index in [9.17, 15) is 8.78 Å². The normalized spacial score (nSPS) is 21.3. The summed E-state index contributed by atoms with van der Waals surface area (Å²) in [5, 5.41) is 6.16. The molecule has 4 heterocycles. The van der Waals surface area contributed by atoms with Crippen molar-refractivity contribution in [1.82, 2.24) is 15.0 Å². The van der Waals surface area contributed by atoms with Crippen molar-refractivity contribution in [2.75, 3.05) is 41.5 Å². The number of hydrogen-bond acceptors (Lipinski definition) is 8. The lowest BCUT2D eigenvalue weighted by atomic mass is 9.93. The van der Waals surface area contributed by atoms with E-state index in [1.807, 2.05) is 18.1 Å². The van der Waals surface area contributed by atoms with E-state index >= 15 is 4.39 Å². The standard InChI is InChI=1S/C24H25F3N6OS/c1-3-13-7-28-23(31-18-5-4-16(35-2)6-17(18)26)20(27)22(13)32-21-14-10-33(11-19(21)34-12-14)24-29-8-15(25)9-30-24/h4-9,14,19,21H,3,10-12H2,1-2H3,(H2,28,31,32). The molecule has 2 aromatic heterocycles. The number of piperidine rings is 1. The average molecular weight is 503 g/mol. The summed E-state index contributed by atoms with van der Waals surface area (Å²) in [5.74, 6) is -1.10. The first kappa shape index (κ1) is 23.7. The Kier molecular flexibility index (Phi) is 6.70. The highest BCUT2D eigenvalue weighted by molar-refractivity contribution is 7.98. The number of nitrogens with one attached hydrogen (secondary N) is 2. The minimum atomic E-state index is -0.568. The molecule has 1 aromatic carbocycles. The fourth-order valence-corrected chi connectivity index (χ4v) is 4.99. The van der Waals surface area contributed by atoms with Crippen molar-refractivity contribution in [1.29, 1.82) is 0 Å². The molecule has 184 valence electrons. The number of aromatic nitrogens is 3. The molecule has 3 aromatic rings. The van der Waals surface area contributed by atoms with E-state index < -0.39 is 17.5 Å². The summed E-state index contributed by atoms with van der Waals surface area (Å²) in [4.78, 5) is 15.1. The van der Waals surface area contributed by atoms with E-state index in [2.05, 4.69) is 25.6 Å². The van der Waals surface area contributed by atoms with Crippen LogP contribution in [0.1, 0.15) is 12.5 Å². The Labute approximate surface area is 205 Å². The second-order valence-corrected chi connectivity index (χ2v) is 9.43. The quantitative estimate of drug-likeness (QED) is 0.453. The maximum Gasteiger partial charge on any atom is 0.225 e. The van der Waals surface area contributed by atoms with Gasteiger partial charge in [-0.15, -0.1) is 11.8 Å². The number of pyridine rings is 1. The van der Waals surface area contributed by atoms with Crippen LogP contribution in [0.4, 0.5) is 36.3 Å². The smallest absolute Gasteiger partial charge is 0.225 e. The van der Waals surface area contributed by atoms with Gasteiger partial charge in [0.25, 0.3) is 0 Å². The van der Waals surface area contributed by atoms with Crippen LogP contribution in [0.3, 0.4) is 0 Å². The highest BCUT2D eigenvalue weighted by atomic mass is 32.2. The zero-order valence-electron chi connectivity index (χ0n) is 19.3. The lowest BCUT2D eigenvalue weighted by Crippen LogP contribution is -2.52. The lowest BCUT2D eigenvalue weighted by molar-refractivity contribution is 0.115. The third kappa shape index (κ3) is 4.74. The van der Waals surface area contributed by atoms with Crippen molar-refractivity contribution < 1.29 is 17.9 Å². The molecule has 2 aliphatic rings. The van der Waals surface area contributed by atoms with Gasteiger partial charge >= 0.3 is 0 Å². The Bertz CT molecular complexity index is 1200. The van der Waals surface area contributed by atoms with Crippen molar-refractivity contribution in [2.45, 2.75) is 30.4 Å². The molecule has 2 saturated heterocycles. The highest BCUT2D eigenvalue weighted by Crippen LogP contribution is 2.35. The number of aryl methyl sites for hydroxylation is 1. The number of hydrogen-bond donors (Lipinski definition) is 2. The molecule has 5 rings (SSSR count). The van der Waals surface area contributed by atoms with Crippen LogP contribution in [0.25, 0.3) is 0 Å². The summed E-state index contributed by atoms with van der Waals surface area (Å²) in [6, 6.07) is 4.60. The molecule has 3 atom stereocenters. The minimum Gasteiger partial charge on any atom is -0.376 e. The summed E-state index contributed by atoms with van der Waals surface area (Å²) < 4.78 is 49.3. The summed E-state index contributed by atoms with van der Waals surface area (Å²) in [5.41, 5.74) is 1.21. The second kappa shape index (κ2) is 9.90. The molecule has 2 bridgehead atoms. The largest absolute Gasteiger partial charge is 0.376 e. The summed E-state index contributed by atoms with van der Waals surface area (Å²) in [6.45, 7) is 3.51. The first-order valence-electron chi connectivity index (χ1n) is 11.3. The third-order valence-corrected chi connectivity index (χ3v) is 7.12. The number of benzene rings is 1. The second-order valence-electron chi connectivity index (χ2n) is 8.55. The van der Waals surface area contributed by atoms with Gasteiger partial charge in [-0.25, -0.2) is 28.1 Å². The Morgan fingerprint density at radius 1 is 1.11 bits per heavy atom. The van der Waals surface area contributed by atoms with Gasteiger partial charge in [-0.3, -0.25) is 0 Å². The maximum absolute atomic E-state index is 15.7. The fourth-order valence-electron chi connectivity index (χ4n) is 4.56. The van der Waals surface area contributed by atoms with Gasteiger partial charge in [0.2, 0.25) is 5.95 Å². The third-order valence-electron chi connectivity index (χ3n) is 6.40. The van der Waals surface area contributed by atoms with Crippen molar-refractivity contribution in [2.24, 2.45) is 5.92 Å². The van der Waals surface area contributed by atoms with Gasteiger partial charge in [0.15, 0.2) is 17.5 Å². The summed E-state index contributed by atoms with van der Waals surface area (Å²) >= 11 is 1.43. The number of fused-ring (bicyclic) bond motifs is 2. The zero-order chi connectivity index (χ0) is 24.5. The first-order chi connectivity index (χ1) is 17.0. The predicted octanol–water partition coefficient (Wildman–Crippen LogP) is 4.63. The Hall–Kier alpha value is -3.05. The molecule has 2 aliphatic heterocycles. The first-order valence-corrected chi connectivity index (χ1v) is 12.6. The molecule has 3 unspecified atom stereocenters. The van der Waals surface area contributed by atoms with E-state index in [1.165, 1.54) is 17.8 Å². The molecule has 7 nitrogen and oxygen atoms in total. The SMILES string of the molecule is CCc1cnc(Nc2ccc(SC)cc2F)c(F)c1NC1C2COC1CN(c1ncc(F)cn1)C2. The molecular weight excluding hydrogens is 477 g/mol. The Morgan fingerprint density at radius 3 is 2.60 bits per heavy atom. The number of ether oxygens (including phenoxy) is 1. The van der Waals surface area contributed by atoms with Gasteiger partial charge in [0.05, 0.1) is 42.5 Å². The van der Waals surface area contributed by atoms with E-state index in [-0.39, 0.29) is 29.6 Å². The Morgan fingerprint density at radius 2 is 1.91 bits per heavy atom. The number of rotatable bonds is 7. The van der Waals surface area contributed by atoms with Crippen molar-refractivity contribution in [3.63, 3.8) is 0 Å². The van der Waals surface area contributed by atoms with E-state index in [0.717, 1.165) is 22.9 Å². The highest BCUT2D eigenvalue weighted by Gasteiger charge is 2.44. The predicted molar refractivity (Wildman–Crippen MR) is 130 cm³/mol. The van der Waals surface area contributed by atoms with E-state index in [0.29, 0.717) is 37.8 Å². The van der Waals surface area contributed by atoms with Crippen LogP contribution in [0.15, 0.2) is 41.7 Å². The monoisotopic (exact) mass is 502 g/mol. The van der Waals surface area contributed by atoms with Gasteiger partial charge in [0.1, 0.15) is 5.82 Å². The van der Waals surface area contributed by atoms with Crippen molar-refractivity contribution in [3.05, 3.63) is 59.8 Å². The van der Waals surface area contributed by atoms with Gasteiger partial charge in [0, 0.05) is 30.1 Å². The lowest BCUT2D eigenvalue weighted by Gasteiger charge is -2.37. The van der Waals surface area contributed by atoms with Gasteiger partial charge in [-0.2, -0.15) is 0 Å². The van der Waals surface area contributed by atoms with Crippen molar-refractivity contribution in [3.8, 4) is 0 Å². The van der Waals surface area contributed by atoms with Crippen LogP contribution < -0.4 is 15.5 Å². The number of halogens is 3. The van der Waals surface area contributed by atoms with E-state index in [1.54, 1.807) is 18.3 Å². The molecule has 2 N–H and O–H groups in total. The number of thioether (sulfide) groups is 1. The minimum absolute atomic E-state index is 0.0487. The van der Waals surface area contributed by atoms with Crippen LogP contribution in [0, 0.1) is 23.4 Å². The van der Waals surface area contributed by atoms with Gasteiger partial charge in [-0.1, -0.05) is 6.92 Å². The molecule has 0 aliphatic carbocycles. The number of nitrogens with zero attached hydrogens (tertiary/aromatic N) is 4. The van der Waals surface area contributed by atoms with Crippen LogP contribution in [0.2, 0.25) is 0 Å². The topological polar surface area (TPSA) is 75.2 Å². The Balaban J connectivity index is 1.37. The molecular formula is C24H25F3N6OS. The maximum atomic E-state index is 15.7. The van der Waals surface area contributed by atoms with E-state index in [4.69, 9.17) is 4.74 Å². The zero-order valence-corrected chi connectivity index (χ0v) is 20.1. The number of anilines is 4.